The van der Waals surface area contributed by atoms with Gasteiger partial charge in [-0.2, -0.15) is 5.26 Å². The van der Waals surface area contributed by atoms with Gasteiger partial charge in [0.15, 0.2) is 9.84 Å². The molecule has 3 rings (SSSR count). The Morgan fingerprint density at radius 3 is 2.22 bits per heavy atom. The number of hydrogen-bond donors (Lipinski definition) is 0. The molecule has 1 saturated carbocycles. The van der Waals surface area contributed by atoms with Crippen molar-refractivity contribution in [1.29, 1.82) is 5.26 Å². The molecule has 23 heavy (non-hydrogen) atoms. The molecule has 0 saturated heterocycles. The highest BCUT2D eigenvalue weighted by Gasteiger charge is 2.72. The van der Waals surface area contributed by atoms with Crippen molar-refractivity contribution >= 4 is 16.1 Å². The van der Waals surface area contributed by atoms with E-state index in [1.165, 1.54) is 12.1 Å². The summed E-state index contributed by atoms with van der Waals surface area (Å²) in [6, 6.07) is 17.3. The molecule has 0 radical (unpaired) electrons. The molecule has 1 aliphatic rings. The number of carbonyl (C=O) groups is 1. The van der Waals surface area contributed by atoms with Crippen molar-refractivity contribution in [3.8, 4) is 6.07 Å². The Hall–Kier alpha value is -2.45. The monoisotopic (exact) mass is 325 g/mol. The third kappa shape index (κ3) is 2.27. The first-order valence-corrected chi connectivity index (χ1v) is 8.75. The summed E-state index contributed by atoms with van der Waals surface area (Å²) in [4.78, 5) is 11.7. The molecule has 3 atom stereocenters. The largest absolute Gasteiger partial charge is 0.302 e. The van der Waals surface area contributed by atoms with Crippen molar-refractivity contribution in [3.05, 3.63) is 65.7 Å². The van der Waals surface area contributed by atoms with E-state index in [-0.39, 0.29) is 4.90 Å². The number of hydrogen-bond acceptors (Lipinski definition) is 4. The van der Waals surface area contributed by atoms with Gasteiger partial charge in [0.05, 0.1) is 11.0 Å². The third-order valence-electron chi connectivity index (χ3n) is 4.41. The lowest BCUT2D eigenvalue weighted by Gasteiger charge is -2.05. The van der Waals surface area contributed by atoms with Crippen molar-refractivity contribution in [2.75, 3.05) is 0 Å². The first-order chi connectivity index (χ1) is 11.0. The Labute approximate surface area is 135 Å². The lowest BCUT2D eigenvalue weighted by atomic mass is 10.0. The van der Waals surface area contributed by atoms with Crippen molar-refractivity contribution in [1.82, 2.24) is 0 Å². The Morgan fingerprint density at radius 1 is 1.09 bits per heavy atom. The Kier molecular flexibility index (Phi) is 3.57. The number of carbonyl (C=O) groups excluding carboxylic acids is 1. The van der Waals surface area contributed by atoms with Crippen LogP contribution in [-0.2, 0) is 14.6 Å². The van der Waals surface area contributed by atoms with Gasteiger partial charge in [0.1, 0.15) is 17.0 Å². The van der Waals surface area contributed by atoms with E-state index in [0.717, 1.165) is 5.56 Å². The van der Waals surface area contributed by atoms with Crippen LogP contribution < -0.4 is 0 Å². The fraction of sp³-hybridized carbons (Fsp3) is 0.222. The molecule has 0 heterocycles. The topological polar surface area (TPSA) is 75.0 Å². The molecular weight excluding hydrogens is 310 g/mol. The third-order valence-corrected chi connectivity index (χ3v) is 6.67. The van der Waals surface area contributed by atoms with E-state index in [9.17, 15) is 18.5 Å². The van der Waals surface area contributed by atoms with E-state index in [0.29, 0.717) is 11.8 Å². The van der Waals surface area contributed by atoms with E-state index in [1.807, 2.05) is 19.1 Å². The first-order valence-electron chi connectivity index (χ1n) is 7.20. The van der Waals surface area contributed by atoms with Gasteiger partial charge < -0.3 is 4.79 Å². The zero-order valence-corrected chi connectivity index (χ0v) is 13.3. The molecule has 116 valence electrons. The average molecular weight is 325 g/mol. The zero-order chi connectivity index (χ0) is 16.7. The quantitative estimate of drug-likeness (QED) is 0.810. The van der Waals surface area contributed by atoms with Gasteiger partial charge in [-0.1, -0.05) is 48.0 Å². The summed E-state index contributed by atoms with van der Waals surface area (Å²) in [6.45, 7) is 1.87. The minimum Gasteiger partial charge on any atom is -0.302 e. The number of nitrogens with zero attached hydrogens (tertiary/aromatic N) is 1. The smallest absolute Gasteiger partial charge is 0.183 e. The van der Waals surface area contributed by atoms with E-state index in [2.05, 4.69) is 0 Å². The number of benzene rings is 2. The van der Waals surface area contributed by atoms with Crippen LogP contribution in [0.2, 0.25) is 0 Å². The number of aldehydes is 1. The maximum absolute atomic E-state index is 12.9. The zero-order valence-electron chi connectivity index (χ0n) is 12.5. The van der Waals surface area contributed by atoms with Crippen LogP contribution in [0, 0.1) is 23.7 Å². The van der Waals surface area contributed by atoms with Crippen LogP contribution in [0.1, 0.15) is 17.0 Å². The molecule has 2 aromatic carbocycles. The van der Waals surface area contributed by atoms with Crippen molar-refractivity contribution in [2.24, 2.45) is 5.41 Å². The van der Waals surface area contributed by atoms with Crippen LogP contribution in [0.4, 0.5) is 0 Å². The molecule has 5 heteroatoms. The molecule has 1 fully saturated rings. The summed E-state index contributed by atoms with van der Waals surface area (Å²) in [6.07, 6.45) is 0.487. The maximum atomic E-state index is 12.9. The molecule has 0 spiro atoms. The second kappa shape index (κ2) is 5.32. The van der Waals surface area contributed by atoms with Crippen LogP contribution in [0.15, 0.2) is 59.5 Å². The predicted molar refractivity (Wildman–Crippen MR) is 85.4 cm³/mol. The van der Waals surface area contributed by atoms with Gasteiger partial charge in [0.2, 0.25) is 0 Å². The molecule has 0 N–H and O–H groups in total. The molecule has 2 aromatic rings. The summed E-state index contributed by atoms with van der Waals surface area (Å²) in [7, 11) is -3.77. The second-order valence-electron chi connectivity index (χ2n) is 5.83. The Balaban J connectivity index is 2.09. The standard InChI is InChI=1S/C18H15NO3S/c1-13-7-9-15(10-8-13)23(21,22)17-16(18(17,11-19)12-20)14-5-3-2-4-6-14/h2-10,12,16-17H,1H3/t16-,17-,18+/m1/s1. The van der Waals surface area contributed by atoms with Gasteiger partial charge in [-0.3, -0.25) is 0 Å². The Bertz CT molecular complexity index is 882. The summed E-state index contributed by atoms with van der Waals surface area (Å²) in [5.74, 6) is -0.627. The lowest BCUT2D eigenvalue weighted by molar-refractivity contribution is -0.110. The highest BCUT2D eigenvalue weighted by molar-refractivity contribution is 7.92. The summed E-state index contributed by atoms with van der Waals surface area (Å²) >= 11 is 0. The van der Waals surface area contributed by atoms with Crippen LogP contribution >= 0.6 is 0 Å². The molecule has 0 aliphatic heterocycles. The molecular formula is C18H15NO3S. The molecule has 0 aromatic heterocycles. The number of sulfone groups is 1. The van der Waals surface area contributed by atoms with Crippen LogP contribution in [0.5, 0.6) is 0 Å². The van der Waals surface area contributed by atoms with Gasteiger partial charge in [-0.05, 0) is 24.6 Å². The summed E-state index contributed by atoms with van der Waals surface area (Å²) in [5.41, 5.74) is 0.133. The van der Waals surface area contributed by atoms with Crippen molar-refractivity contribution in [2.45, 2.75) is 23.0 Å². The van der Waals surface area contributed by atoms with E-state index < -0.39 is 26.4 Å². The van der Waals surface area contributed by atoms with E-state index in [1.54, 1.807) is 36.4 Å². The van der Waals surface area contributed by atoms with Crippen LogP contribution in [0.3, 0.4) is 0 Å². The van der Waals surface area contributed by atoms with Crippen molar-refractivity contribution < 1.29 is 13.2 Å². The average Bonchev–Trinajstić information content (AvgIpc) is 3.27. The van der Waals surface area contributed by atoms with Gasteiger partial charge >= 0.3 is 0 Å². The van der Waals surface area contributed by atoms with Gasteiger partial charge in [-0.15, -0.1) is 0 Å². The molecule has 1 aliphatic carbocycles. The fourth-order valence-electron chi connectivity index (χ4n) is 3.10. The first kappa shape index (κ1) is 15.4. The minimum atomic E-state index is -3.77. The van der Waals surface area contributed by atoms with Crippen LogP contribution in [-0.4, -0.2) is 20.0 Å². The molecule has 0 bridgehead atoms. The summed E-state index contributed by atoms with van der Waals surface area (Å²) in [5, 5.41) is 8.43. The van der Waals surface area contributed by atoms with Gasteiger partial charge in [-0.25, -0.2) is 8.42 Å². The number of nitriles is 1. The molecule has 0 amide bonds. The predicted octanol–water partition coefficient (Wildman–Crippen LogP) is 2.64. The van der Waals surface area contributed by atoms with E-state index in [4.69, 9.17) is 0 Å². The number of aryl methyl sites for hydroxylation is 1. The Morgan fingerprint density at radius 2 is 1.70 bits per heavy atom. The van der Waals surface area contributed by atoms with E-state index >= 15 is 0 Å². The summed E-state index contributed by atoms with van der Waals surface area (Å²) < 4.78 is 25.8. The lowest BCUT2D eigenvalue weighted by Crippen LogP contribution is -2.16. The molecule has 0 unspecified atom stereocenters. The highest BCUT2D eigenvalue weighted by Crippen LogP contribution is 2.62. The minimum absolute atomic E-state index is 0.146. The number of rotatable bonds is 4. The maximum Gasteiger partial charge on any atom is 0.183 e. The fourth-order valence-corrected chi connectivity index (χ4v) is 5.33. The molecule has 4 nitrogen and oxygen atoms in total. The highest BCUT2D eigenvalue weighted by atomic mass is 32.2. The van der Waals surface area contributed by atoms with Crippen molar-refractivity contribution in [3.63, 3.8) is 0 Å². The normalized spacial score (nSPS) is 26.3. The van der Waals surface area contributed by atoms with Crippen LogP contribution in [0.25, 0.3) is 0 Å². The SMILES string of the molecule is Cc1ccc(S(=O)(=O)[C@@H]2[C@@H](c3ccccc3)[C@]2(C#N)C=O)cc1. The second-order valence-corrected chi connectivity index (χ2v) is 7.90. The van der Waals surface area contributed by atoms with Gasteiger partial charge in [0.25, 0.3) is 0 Å². The van der Waals surface area contributed by atoms with Gasteiger partial charge in [0, 0.05) is 5.92 Å².